The molecule has 0 saturated carbocycles. The topological polar surface area (TPSA) is 63.4 Å². The Hall–Kier alpha value is -1.82. The molecule has 0 radical (unpaired) electrons. The predicted molar refractivity (Wildman–Crippen MR) is 72.6 cm³/mol. The third-order valence-corrected chi connectivity index (χ3v) is 5.00. The molecule has 19 heavy (non-hydrogen) atoms. The standard InChI is InChI=1S/C13H16N2O3S/c1-4-15(12-8-6-5-7-9-12)19(16,17)13-10(2)14-18-11(13)3/h5-9H,4H2,1-3H3. The van der Waals surface area contributed by atoms with Crippen LogP contribution in [0, 0.1) is 13.8 Å². The summed E-state index contributed by atoms with van der Waals surface area (Å²) in [6.07, 6.45) is 0. The Morgan fingerprint density at radius 2 is 1.84 bits per heavy atom. The lowest BCUT2D eigenvalue weighted by atomic mass is 10.3. The van der Waals surface area contributed by atoms with E-state index in [0.29, 0.717) is 23.7 Å². The van der Waals surface area contributed by atoms with E-state index in [-0.39, 0.29) is 4.90 Å². The van der Waals surface area contributed by atoms with Crippen LogP contribution in [0.2, 0.25) is 0 Å². The summed E-state index contributed by atoms with van der Waals surface area (Å²) in [7, 11) is -3.65. The second kappa shape index (κ2) is 5.05. The third kappa shape index (κ3) is 2.35. The molecule has 0 aliphatic heterocycles. The van der Waals surface area contributed by atoms with Gasteiger partial charge in [0.1, 0.15) is 5.69 Å². The smallest absolute Gasteiger partial charge is 0.269 e. The molecule has 0 unspecified atom stereocenters. The fourth-order valence-electron chi connectivity index (χ4n) is 2.04. The van der Waals surface area contributed by atoms with Crippen molar-refractivity contribution in [2.75, 3.05) is 10.8 Å². The molecule has 6 heteroatoms. The summed E-state index contributed by atoms with van der Waals surface area (Å²) in [5, 5.41) is 3.71. The number of hydrogen-bond acceptors (Lipinski definition) is 4. The van der Waals surface area contributed by atoms with E-state index in [0.717, 1.165) is 0 Å². The number of aryl methyl sites for hydroxylation is 2. The first-order chi connectivity index (χ1) is 8.98. The summed E-state index contributed by atoms with van der Waals surface area (Å²) in [5.74, 6) is 0.312. The molecule has 0 fully saturated rings. The number of anilines is 1. The Kier molecular flexibility index (Phi) is 3.61. The SMILES string of the molecule is CCN(c1ccccc1)S(=O)(=O)c1c(C)noc1C. The van der Waals surface area contributed by atoms with Crippen molar-refractivity contribution in [3.05, 3.63) is 41.8 Å². The summed E-state index contributed by atoms with van der Waals surface area (Å²) in [4.78, 5) is 0.151. The van der Waals surface area contributed by atoms with Crippen molar-refractivity contribution in [2.24, 2.45) is 0 Å². The van der Waals surface area contributed by atoms with Gasteiger partial charge < -0.3 is 4.52 Å². The highest BCUT2D eigenvalue weighted by molar-refractivity contribution is 7.93. The highest BCUT2D eigenvalue weighted by Crippen LogP contribution is 2.27. The van der Waals surface area contributed by atoms with E-state index >= 15 is 0 Å². The van der Waals surface area contributed by atoms with Gasteiger partial charge in [0.05, 0.1) is 5.69 Å². The number of rotatable bonds is 4. The zero-order valence-electron chi connectivity index (χ0n) is 11.1. The molecule has 2 rings (SSSR count). The average molecular weight is 280 g/mol. The lowest BCUT2D eigenvalue weighted by Crippen LogP contribution is -2.31. The Bertz CT molecular complexity index is 643. The molecule has 0 atom stereocenters. The molecule has 0 N–H and O–H groups in total. The van der Waals surface area contributed by atoms with E-state index in [1.54, 1.807) is 45.0 Å². The lowest BCUT2D eigenvalue weighted by Gasteiger charge is -2.22. The highest BCUT2D eigenvalue weighted by atomic mass is 32.2. The minimum atomic E-state index is -3.65. The highest BCUT2D eigenvalue weighted by Gasteiger charge is 2.30. The van der Waals surface area contributed by atoms with Gasteiger partial charge in [0.2, 0.25) is 0 Å². The second-order valence-electron chi connectivity index (χ2n) is 4.16. The second-order valence-corrected chi connectivity index (χ2v) is 5.96. The maximum Gasteiger partial charge on any atom is 0.269 e. The Balaban J connectivity index is 2.55. The van der Waals surface area contributed by atoms with Crippen molar-refractivity contribution in [2.45, 2.75) is 25.7 Å². The van der Waals surface area contributed by atoms with Crippen LogP contribution in [0.15, 0.2) is 39.8 Å². The van der Waals surface area contributed by atoms with Crippen LogP contribution < -0.4 is 4.31 Å². The zero-order chi connectivity index (χ0) is 14.0. The van der Waals surface area contributed by atoms with Crippen molar-refractivity contribution in [3.8, 4) is 0 Å². The van der Waals surface area contributed by atoms with E-state index < -0.39 is 10.0 Å². The monoisotopic (exact) mass is 280 g/mol. The summed E-state index contributed by atoms with van der Waals surface area (Å²) in [5.41, 5.74) is 1.01. The van der Waals surface area contributed by atoms with E-state index in [2.05, 4.69) is 5.16 Å². The largest absolute Gasteiger partial charge is 0.360 e. The fourth-order valence-corrected chi connectivity index (χ4v) is 3.81. The predicted octanol–water partition coefficient (Wildman–Crippen LogP) is 2.51. The molecule has 0 spiro atoms. The van der Waals surface area contributed by atoms with Crippen LogP contribution >= 0.6 is 0 Å². The molecule has 0 bridgehead atoms. The lowest BCUT2D eigenvalue weighted by molar-refractivity contribution is 0.390. The zero-order valence-corrected chi connectivity index (χ0v) is 11.9. The number of hydrogen-bond donors (Lipinski definition) is 0. The minimum absolute atomic E-state index is 0.151. The molecule has 0 saturated heterocycles. The van der Waals surface area contributed by atoms with Crippen LogP contribution in [0.5, 0.6) is 0 Å². The number of nitrogens with zero attached hydrogens (tertiary/aromatic N) is 2. The van der Waals surface area contributed by atoms with Crippen LogP contribution in [0.3, 0.4) is 0 Å². The molecule has 0 amide bonds. The normalized spacial score (nSPS) is 11.5. The first-order valence-corrected chi connectivity index (χ1v) is 7.43. The van der Waals surface area contributed by atoms with E-state index in [1.807, 2.05) is 6.07 Å². The molecule has 1 aromatic carbocycles. The molecule has 0 aliphatic rings. The van der Waals surface area contributed by atoms with Gasteiger partial charge in [0, 0.05) is 6.54 Å². The first-order valence-electron chi connectivity index (χ1n) is 5.99. The quantitative estimate of drug-likeness (QED) is 0.863. The number of para-hydroxylation sites is 1. The van der Waals surface area contributed by atoms with Crippen molar-refractivity contribution in [3.63, 3.8) is 0 Å². The van der Waals surface area contributed by atoms with E-state index in [4.69, 9.17) is 4.52 Å². The van der Waals surface area contributed by atoms with Gasteiger partial charge in [-0.2, -0.15) is 0 Å². The van der Waals surface area contributed by atoms with Gasteiger partial charge in [0.25, 0.3) is 10.0 Å². The molecular formula is C13H16N2O3S. The van der Waals surface area contributed by atoms with Crippen LogP contribution in [-0.4, -0.2) is 20.1 Å². The number of benzene rings is 1. The molecule has 5 nitrogen and oxygen atoms in total. The minimum Gasteiger partial charge on any atom is -0.360 e. The third-order valence-electron chi connectivity index (χ3n) is 2.85. The summed E-state index contributed by atoms with van der Waals surface area (Å²) >= 11 is 0. The molecule has 1 aromatic heterocycles. The van der Waals surface area contributed by atoms with Crippen molar-refractivity contribution < 1.29 is 12.9 Å². The van der Waals surface area contributed by atoms with Gasteiger partial charge in [0.15, 0.2) is 10.7 Å². The first kappa shape index (κ1) is 13.6. The van der Waals surface area contributed by atoms with Gasteiger partial charge in [-0.05, 0) is 32.9 Å². The van der Waals surface area contributed by atoms with Gasteiger partial charge in [-0.1, -0.05) is 23.4 Å². The van der Waals surface area contributed by atoms with Crippen LogP contribution in [0.25, 0.3) is 0 Å². The molecule has 2 aromatic rings. The van der Waals surface area contributed by atoms with E-state index in [9.17, 15) is 8.42 Å². The van der Waals surface area contributed by atoms with Crippen molar-refractivity contribution in [1.29, 1.82) is 0 Å². The Morgan fingerprint density at radius 1 is 1.21 bits per heavy atom. The van der Waals surface area contributed by atoms with Crippen molar-refractivity contribution in [1.82, 2.24) is 5.16 Å². The number of sulfonamides is 1. The summed E-state index contributed by atoms with van der Waals surface area (Å²) in [6, 6.07) is 8.99. The van der Waals surface area contributed by atoms with Gasteiger partial charge in [-0.3, -0.25) is 4.31 Å². The molecule has 1 heterocycles. The maximum absolute atomic E-state index is 12.7. The Labute approximate surface area is 112 Å². The fraction of sp³-hybridized carbons (Fsp3) is 0.308. The molecule has 102 valence electrons. The summed E-state index contributed by atoms with van der Waals surface area (Å²) in [6.45, 7) is 5.37. The number of aromatic nitrogens is 1. The van der Waals surface area contributed by atoms with Gasteiger partial charge in [-0.25, -0.2) is 8.42 Å². The van der Waals surface area contributed by atoms with Gasteiger partial charge in [-0.15, -0.1) is 0 Å². The summed E-state index contributed by atoms with van der Waals surface area (Å²) < 4.78 is 31.7. The van der Waals surface area contributed by atoms with Gasteiger partial charge >= 0.3 is 0 Å². The van der Waals surface area contributed by atoms with E-state index in [1.165, 1.54) is 4.31 Å². The van der Waals surface area contributed by atoms with Crippen LogP contribution in [0.4, 0.5) is 5.69 Å². The maximum atomic E-state index is 12.7. The molecule has 0 aliphatic carbocycles. The van der Waals surface area contributed by atoms with Crippen LogP contribution in [-0.2, 0) is 10.0 Å². The van der Waals surface area contributed by atoms with Crippen LogP contribution in [0.1, 0.15) is 18.4 Å². The average Bonchev–Trinajstić information content (AvgIpc) is 2.71. The van der Waals surface area contributed by atoms with Crippen molar-refractivity contribution >= 4 is 15.7 Å². The Morgan fingerprint density at radius 3 is 2.32 bits per heavy atom. The molecular weight excluding hydrogens is 264 g/mol.